The lowest BCUT2D eigenvalue weighted by Crippen LogP contribution is -2.47. The van der Waals surface area contributed by atoms with Gasteiger partial charge in [-0.3, -0.25) is 4.99 Å². The number of ether oxygens (including phenoxy) is 2. The second-order valence-electron chi connectivity index (χ2n) is 7.56. The van der Waals surface area contributed by atoms with Gasteiger partial charge in [0.25, 0.3) is 0 Å². The molecule has 0 unspecified atom stereocenters. The van der Waals surface area contributed by atoms with Gasteiger partial charge in [0.15, 0.2) is 5.96 Å². The number of guanidine groups is 1. The summed E-state index contributed by atoms with van der Waals surface area (Å²) in [6.07, 6.45) is 3.45. The van der Waals surface area contributed by atoms with Crippen molar-refractivity contribution >= 4 is 35.6 Å². The van der Waals surface area contributed by atoms with E-state index in [9.17, 15) is 0 Å². The number of aryl methyl sites for hydroxylation is 1. The number of piperidine rings is 1. The number of halogens is 1. The predicted octanol–water partition coefficient (Wildman–Crippen LogP) is 3.92. The summed E-state index contributed by atoms with van der Waals surface area (Å²) in [6, 6.07) is 8.70. The zero-order valence-corrected chi connectivity index (χ0v) is 21.6. The van der Waals surface area contributed by atoms with Crippen LogP contribution in [-0.2, 0) is 9.47 Å². The maximum Gasteiger partial charge on any atom is 0.193 e. The molecule has 0 radical (unpaired) electrons. The summed E-state index contributed by atoms with van der Waals surface area (Å²) in [4.78, 5) is 9.68. The van der Waals surface area contributed by atoms with E-state index in [4.69, 9.17) is 14.5 Å². The largest absolute Gasteiger partial charge is 0.385 e. The van der Waals surface area contributed by atoms with Crippen molar-refractivity contribution in [2.75, 3.05) is 64.5 Å². The molecule has 172 valence electrons. The molecule has 0 atom stereocenters. The van der Waals surface area contributed by atoms with Gasteiger partial charge in [-0.15, -0.1) is 24.0 Å². The van der Waals surface area contributed by atoms with Crippen LogP contribution in [0.3, 0.4) is 0 Å². The number of hydrogen-bond donors (Lipinski definition) is 1. The number of nitrogens with one attached hydrogen (secondary N) is 1. The van der Waals surface area contributed by atoms with E-state index in [1.165, 1.54) is 11.3 Å². The Morgan fingerprint density at radius 1 is 1.23 bits per heavy atom. The van der Waals surface area contributed by atoms with Gasteiger partial charge in [0.1, 0.15) is 0 Å². The molecule has 1 N–H and O–H groups in total. The van der Waals surface area contributed by atoms with Crippen LogP contribution in [-0.4, -0.2) is 76.6 Å². The normalized spacial score (nSPS) is 15.1. The Hall–Kier alpha value is -1.06. The third kappa shape index (κ3) is 9.39. The van der Waals surface area contributed by atoms with E-state index in [2.05, 4.69) is 60.2 Å². The first kappa shape index (κ1) is 27.0. The highest BCUT2D eigenvalue weighted by atomic mass is 127. The molecular weight excluding hydrogens is 491 g/mol. The number of benzene rings is 1. The van der Waals surface area contributed by atoms with Crippen LogP contribution in [0.2, 0.25) is 0 Å². The monoisotopic (exact) mass is 532 g/mol. The summed E-state index contributed by atoms with van der Waals surface area (Å²) in [6.45, 7) is 13.6. The number of likely N-dealkylation sites (N-methyl/N-ethyl adjacent to an activating group) is 1. The summed E-state index contributed by atoms with van der Waals surface area (Å²) in [7, 11) is 1.74. The lowest BCUT2D eigenvalue weighted by atomic mass is 10.1. The molecule has 0 aromatic heterocycles. The van der Waals surface area contributed by atoms with Crippen molar-refractivity contribution in [3.8, 4) is 0 Å². The van der Waals surface area contributed by atoms with Gasteiger partial charge in [0.2, 0.25) is 0 Å². The molecule has 1 aromatic carbocycles. The van der Waals surface area contributed by atoms with Crippen molar-refractivity contribution in [1.29, 1.82) is 0 Å². The second-order valence-corrected chi connectivity index (χ2v) is 7.56. The van der Waals surface area contributed by atoms with Gasteiger partial charge < -0.3 is 24.6 Å². The van der Waals surface area contributed by atoms with Crippen molar-refractivity contribution in [3.63, 3.8) is 0 Å². The predicted molar refractivity (Wildman–Crippen MR) is 137 cm³/mol. The molecule has 7 heteroatoms. The molecule has 0 aliphatic carbocycles. The summed E-state index contributed by atoms with van der Waals surface area (Å²) in [5.41, 5.74) is 2.57. The van der Waals surface area contributed by atoms with E-state index >= 15 is 0 Å². The van der Waals surface area contributed by atoms with Gasteiger partial charge >= 0.3 is 0 Å². The first-order chi connectivity index (χ1) is 14.2. The third-order valence-corrected chi connectivity index (χ3v) is 5.30. The minimum Gasteiger partial charge on any atom is -0.385 e. The topological polar surface area (TPSA) is 49.3 Å². The molecule has 1 saturated heterocycles. The first-order valence-corrected chi connectivity index (χ1v) is 11.1. The highest BCUT2D eigenvalue weighted by molar-refractivity contribution is 14.0. The average molecular weight is 533 g/mol. The lowest BCUT2D eigenvalue weighted by molar-refractivity contribution is 0.00991. The maximum absolute atomic E-state index is 5.99. The molecular formula is C23H41IN4O2. The standard InChI is InChI=1S/C23H40N4O2.HI/c1-5-24-23(27-14-11-22(12-15-27)29-18-8-17-28-4)25-13-16-26(6-2)21-10-7-9-20(3)19-21;/h7,9-10,19,22H,5-6,8,11-18H2,1-4H3,(H,24,25);1H. The number of rotatable bonds is 11. The van der Waals surface area contributed by atoms with Crippen LogP contribution in [0, 0.1) is 6.92 Å². The van der Waals surface area contributed by atoms with Crippen LogP contribution in [0.1, 0.15) is 38.7 Å². The molecule has 0 saturated carbocycles. The first-order valence-electron chi connectivity index (χ1n) is 11.1. The van der Waals surface area contributed by atoms with E-state index in [0.29, 0.717) is 6.10 Å². The van der Waals surface area contributed by atoms with Gasteiger partial charge in [-0.1, -0.05) is 12.1 Å². The number of methoxy groups -OCH3 is 1. The molecule has 1 fully saturated rings. The molecule has 1 aliphatic rings. The zero-order valence-electron chi connectivity index (χ0n) is 19.2. The van der Waals surface area contributed by atoms with E-state index in [-0.39, 0.29) is 24.0 Å². The molecule has 0 bridgehead atoms. The van der Waals surface area contributed by atoms with Crippen LogP contribution < -0.4 is 10.2 Å². The van der Waals surface area contributed by atoms with Crippen LogP contribution >= 0.6 is 24.0 Å². The smallest absolute Gasteiger partial charge is 0.193 e. The van der Waals surface area contributed by atoms with Gasteiger partial charge in [-0.05, 0) is 57.7 Å². The minimum atomic E-state index is 0. The Morgan fingerprint density at radius 3 is 2.63 bits per heavy atom. The Kier molecular flexibility index (Phi) is 14.1. The van der Waals surface area contributed by atoms with Gasteiger partial charge in [0, 0.05) is 58.7 Å². The number of anilines is 1. The molecule has 6 nitrogen and oxygen atoms in total. The van der Waals surface area contributed by atoms with Crippen LogP contribution in [0.15, 0.2) is 29.3 Å². The Balaban J connectivity index is 0.00000450. The van der Waals surface area contributed by atoms with E-state index < -0.39 is 0 Å². The molecule has 1 aliphatic heterocycles. The molecule has 30 heavy (non-hydrogen) atoms. The summed E-state index contributed by atoms with van der Waals surface area (Å²) < 4.78 is 11.1. The van der Waals surface area contributed by atoms with Gasteiger partial charge in [-0.2, -0.15) is 0 Å². The number of hydrogen-bond acceptors (Lipinski definition) is 4. The lowest BCUT2D eigenvalue weighted by Gasteiger charge is -2.34. The summed E-state index contributed by atoms with van der Waals surface area (Å²) in [5.74, 6) is 1.03. The van der Waals surface area contributed by atoms with E-state index in [0.717, 1.165) is 77.7 Å². The van der Waals surface area contributed by atoms with Crippen LogP contribution in [0.4, 0.5) is 5.69 Å². The fourth-order valence-corrected chi connectivity index (χ4v) is 3.68. The molecule has 1 aromatic rings. The van der Waals surface area contributed by atoms with Crippen molar-refractivity contribution in [3.05, 3.63) is 29.8 Å². The van der Waals surface area contributed by atoms with Gasteiger partial charge in [-0.25, -0.2) is 0 Å². The molecule has 2 rings (SSSR count). The molecule has 0 amide bonds. The van der Waals surface area contributed by atoms with Gasteiger partial charge in [0.05, 0.1) is 12.6 Å². The van der Waals surface area contributed by atoms with Crippen LogP contribution in [0.25, 0.3) is 0 Å². The average Bonchev–Trinajstić information content (AvgIpc) is 2.74. The van der Waals surface area contributed by atoms with Crippen molar-refractivity contribution < 1.29 is 9.47 Å². The second kappa shape index (κ2) is 15.7. The Morgan fingerprint density at radius 2 is 2.00 bits per heavy atom. The fourth-order valence-electron chi connectivity index (χ4n) is 3.68. The fraction of sp³-hybridized carbons (Fsp3) is 0.696. The molecule has 1 heterocycles. The highest BCUT2D eigenvalue weighted by Gasteiger charge is 2.21. The minimum absolute atomic E-state index is 0. The highest BCUT2D eigenvalue weighted by Crippen LogP contribution is 2.16. The number of likely N-dealkylation sites (tertiary alicyclic amines) is 1. The quantitative estimate of drug-likeness (QED) is 0.203. The summed E-state index contributed by atoms with van der Waals surface area (Å²) in [5, 5.41) is 3.47. The van der Waals surface area contributed by atoms with Crippen LogP contribution in [0.5, 0.6) is 0 Å². The SMILES string of the molecule is CCNC(=NCCN(CC)c1cccc(C)c1)N1CCC(OCCCOC)CC1.I. The Labute approximate surface area is 200 Å². The maximum atomic E-state index is 5.99. The molecule has 0 spiro atoms. The van der Waals surface area contributed by atoms with Crippen molar-refractivity contribution in [2.45, 2.75) is 46.1 Å². The zero-order chi connectivity index (χ0) is 20.9. The number of aliphatic imine (C=N–C) groups is 1. The number of nitrogens with zero attached hydrogens (tertiary/aromatic N) is 3. The van der Waals surface area contributed by atoms with E-state index in [1.54, 1.807) is 7.11 Å². The third-order valence-electron chi connectivity index (χ3n) is 5.30. The van der Waals surface area contributed by atoms with Crippen molar-refractivity contribution in [2.24, 2.45) is 4.99 Å². The van der Waals surface area contributed by atoms with Crippen molar-refractivity contribution in [1.82, 2.24) is 10.2 Å². The Bertz CT molecular complexity index is 607. The summed E-state index contributed by atoms with van der Waals surface area (Å²) >= 11 is 0. The van der Waals surface area contributed by atoms with E-state index in [1.807, 2.05) is 0 Å².